The van der Waals surface area contributed by atoms with E-state index in [0.29, 0.717) is 12.6 Å². The number of hydrogen-bond acceptors (Lipinski definition) is 6. The fourth-order valence-corrected chi connectivity index (χ4v) is 3.06. The molecule has 1 aromatic carbocycles. The fraction of sp³-hybridized carbons (Fsp3) is 0.474. The Bertz CT molecular complexity index is 690. The van der Waals surface area contributed by atoms with Crippen molar-refractivity contribution in [2.24, 2.45) is 0 Å². The van der Waals surface area contributed by atoms with Gasteiger partial charge in [-0.1, -0.05) is 12.1 Å². The van der Waals surface area contributed by atoms with Gasteiger partial charge in [-0.2, -0.15) is 0 Å². The first-order valence-electron chi connectivity index (χ1n) is 8.65. The molecule has 1 saturated heterocycles. The zero-order valence-electron chi connectivity index (χ0n) is 15.2. The van der Waals surface area contributed by atoms with Crippen molar-refractivity contribution in [2.75, 3.05) is 39.2 Å². The summed E-state index contributed by atoms with van der Waals surface area (Å²) in [6.07, 6.45) is 1.13. The first kappa shape index (κ1) is 17.6. The molecule has 2 heterocycles. The number of nitrogens with zero attached hydrogens (tertiary/aromatic N) is 3. The van der Waals surface area contributed by atoms with Crippen molar-refractivity contribution >= 4 is 5.82 Å². The molecule has 3 rings (SSSR count). The molecule has 0 unspecified atom stereocenters. The second-order valence-corrected chi connectivity index (χ2v) is 6.27. The van der Waals surface area contributed by atoms with Crippen molar-refractivity contribution in [1.29, 1.82) is 0 Å². The van der Waals surface area contributed by atoms with Gasteiger partial charge in [-0.3, -0.25) is 4.90 Å². The van der Waals surface area contributed by atoms with Crippen LogP contribution in [0.4, 0.5) is 5.82 Å². The third-order valence-electron chi connectivity index (χ3n) is 4.49. The summed E-state index contributed by atoms with van der Waals surface area (Å²) in [7, 11) is 3.39. The van der Waals surface area contributed by atoms with Crippen LogP contribution in [0.5, 0.6) is 5.75 Å². The summed E-state index contributed by atoms with van der Waals surface area (Å²) in [5.74, 6) is 2.56. The molecule has 0 amide bonds. The summed E-state index contributed by atoms with van der Waals surface area (Å²) in [5.41, 5.74) is 2.38. The molecule has 1 atom stereocenters. The summed E-state index contributed by atoms with van der Waals surface area (Å²) in [6, 6.07) is 10.7. The molecule has 25 heavy (non-hydrogen) atoms. The highest BCUT2D eigenvalue weighted by Gasteiger charge is 2.30. The van der Waals surface area contributed by atoms with Gasteiger partial charge in [0.1, 0.15) is 17.4 Å². The second-order valence-electron chi connectivity index (χ2n) is 6.27. The minimum atomic E-state index is 0.353. The van der Waals surface area contributed by atoms with Gasteiger partial charge in [0.05, 0.1) is 25.5 Å². The molecule has 1 aliphatic heterocycles. The van der Waals surface area contributed by atoms with E-state index < -0.39 is 0 Å². The summed E-state index contributed by atoms with van der Waals surface area (Å²) in [6.45, 7) is 5.35. The van der Waals surface area contributed by atoms with Crippen LogP contribution in [0.25, 0.3) is 0 Å². The molecule has 1 fully saturated rings. The van der Waals surface area contributed by atoms with Gasteiger partial charge in [0.15, 0.2) is 0 Å². The molecule has 0 aliphatic carbocycles. The van der Waals surface area contributed by atoms with Crippen LogP contribution in [0, 0.1) is 6.92 Å². The zero-order valence-corrected chi connectivity index (χ0v) is 15.2. The maximum absolute atomic E-state index is 5.23. The molecule has 134 valence electrons. The second kappa shape index (κ2) is 8.27. The molecule has 1 aromatic heterocycles. The average Bonchev–Trinajstić information content (AvgIpc) is 2.59. The molecule has 1 aliphatic rings. The summed E-state index contributed by atoms with van der Waals surface area (Å²) in [5, 5.41) is 3.30. The Morgan fingerprint density at radius 1 is 1.20 bits per heavy atom. The van der Waals surface area contributed by atoms with Crippen LogP contribution in [-0.4, -0.2) is 48.8 Å². The van der Waals surface area contributed by atoms with Gasteiger partial charge < -0.3 is 14.8 Å². The van der Waals surface area contributed by atoms with Gasteiger partial charge in [0.2, 0.25) is 0 Å². The maximum Gasteiger partial charge on any atom is 0.130 e. The third kappa shape index (κ3) is 4.46. The predicted octanol–water partition coefficient (Wildman–Crippen LogP) is 2.80. The van der Waals surface area contributed by atoms with E-state index in [1.165, 1.54) is 5.56 Å². The number of anilines is 1. The summed E-state index contributed by atoms with van der Waals surface area (Å²) >= 11 is 0. The number of nitrogens with one attached hydrogen (secondary N) is 1. The molecular weight excluding hydrogens is 316 g/mol. The van der Waals surface area contributed by atoms with E-state index in [4.69, 9.17) is 9.47 Å². The molecule has 0 spiro atoms. The largest absolute Gasteiger partial charge is 0.497 e. The van der Waals surface area contributed by atoms with Gasteiger partial charge in [0.25, 0.3) is 0 Å². The van der Waals surface area contributed by atoms with Crippen molar-refractivity contribution in [1.82, 2.24) is 14.9 Å². The summed E-state index contributed by atoms with van der Waals surface area (Å²) < 4.78 is 10.3. The fourth-order valence-electron chi connectivity index (χ4n) is 3.06. The Morgan fingerprint density at radius 2 is 2.00 bits per heavy atom. The number of aromatic nitrogens is 2. The van der Waals surface area contributed by atoms with E-state index in [-0.39, 0.29) is 0 Å². The normalized spacial score (nSPS) is 17.2. The molecule has 2 aromatic rings. The smallest absolute Gasteiger partial charge is 0.130 e. The van der Waals surface area contributed by atoms with E-state index in [1.54, 1.807) is 14.2 Å². The lowest BCUT2D eigenvalue weighted by Crippen LogP contribution is -2.40. The lowest BCUT2D eigenvalue weighted by Gasteiger charge is -2.40. The number of ether oxygens (including phenoxy) is 2. The highest BCUT2D eigenvalue weighted by Crippen LogP contribution is 2.34. The molecule has 0 saturated carbocycles. The molecule has 0 bridgehead atoms. The van der Waals surface area contributed by atoms with Crippen LogP contribution in [0.1, 0.15) is 29.5 Å². The highest BCUT2D eigenvalue weighted by molar-refractivity contribution is 5.37. The van der Waals surface area contributed by atoms with E-state index in [2.05, 4.69) is 38.4 Å². The number of methoxy groups -OCH3 is 2. The van der Waals surface area contributed by atoms with Gasteiger partial charge >= 0.3 is 0 Å². The maximum atomic E-state index is 5.23. The zero-order chi connectivity index (χ0) is 17.6. The first-order chi connectivity index (χ1) is 12.2. The van der Waals surface area contributed by atoms with E-state index >= 15 is 0 Å². The lowest BCUT2D eigenvalue weighted by atomic mass is 9.98. The number of rotatable bonds is 8. The minimum Gasteiger partial charge on any atom is -0.497 e. The van der Waals surface area contributed by atoms with E-state index in [9.17, 15) is 0 Å². The number of hydrogen-bond donors (Lipinski definition) is 1. The van der Waals surface area contributed by atoms with Crippen molar-refractivity contribution in [2.45, 2.75) is 25.9 Å². The SMILES string of the molecule is COCCNc1cc([C@H]2CCN2Cc2ccc(OC)cc2)nc(C)n1. The molecule has 6 nitrogen and oxygen atoms in total. The number of benzene rings is 1. The standard InChI is InChI=1S/C19H26N4O2/c1-14-21-17(12-19(22-14)20-9-11-24-2)18-8-10-23(18)13-15-4-6-16(25-3)7-5-15/h4-7,12,18H,8-11,13H2,1-3H3,(H,20,21,22)/t18-/m1/s1. The Hall–Kier alpha value is -2.18. The molecule has 6 heteroatoms. The monoisotopic (exact) mass is 342 g/mol. The molecular formula is C19H26N4O2. The van der Waals surface area contributed by atoms with Gasteiger partial charge in [-0.15, -0.1) is 0 Å². The first-order valence-corrected chi connectivity index (χ1v) is 8.65. The van der Waals surface area contributed by atoms with Gasteiger partial charge in [0, 0.05) is 32.8 Å². The van der Waals surface area contributed by atoms with Crippen LogP contribution in [0.2, 0.25) is 0 Å². The topological polar surface area (TPSA) is 59.5 Å². The van der Waals surface area contributed by atoms with Crippen LogP contribution in [0.3, 0.4) is 0 Å². The van der Waals surface area contributed by atoms with Crippen LogP contribution < -0.4 is 10.1 Å². The average molecular weight is 342 g/mol. The predicted molar refractivity (Wildman–Crippen MR) is 97.9 cm³/mol. The number of aryl methyl sites for hydroxylation is 1. The number of likely N-dealkylation sites (tertiary alicyclic amines) is 1. The third-order valence-corrected chi connectivity index (χ3v) is 4.49. The quantitative estimate of drug-likeness (QED) is 0.745. The van der Waals surface area contributed by atoms with E-state index in [0.717, 1.165) is 49.1 Å². The Balaban J connectivity index is 1.66. The van der Waals surface area contributed by atoms with Crippen molar-refractivity contribution < 1.29 is 9.47 Å². The Kier molecular flexibility index (Phi) is 5.83. The Labute approximate surface area is 149 Å². The van der Waals surface area contributed by atoms with Gasteiger partial charge in [-0.05, 0) is 31.0 Å². The molecule has 1 N–H and O–H groups in total. The van der Waals surface area contributed by atoms with Crippen molar-refractivity contribution in [3.05, 3.63) is 47.4 Å². The summed E-state index contributed by atoms with van der Waals surface area (Å²) in [4.78, 5) is 11.6. The van der Waals surface area contributed by atoms with Crippen LogP contribution in [0.15, 0.2) is 30.3 Å². The Morgan fingerprint density at radius 3 is 2.64 bits per heavy atom. The lowest BCUT2D eigenvalue weighted by molar-refractivity contribution is 0.0785. The van der Waals surface area contributed by atoms with Crippen LogP contribution >= 0.6 is 0 Å². The van der Waals surface area contributed by atoms with E-state index in [1.807, 2.05) is 19.1 Å². The molecule has 0 radical (unpaired) electrons. The van der Waals surface area contributed by atoms with Crippen molar-refractivity contribution in [3.8, 4) is 5.75 Å². The minimum absolute atomic E-state index is 0.353. The highest BCUT2D eigenvalue weighted by atomic mass is 16.5. The van der Waals surface area contributed by atoms with Crippen molar-refractivity contribution in [3.63, 3.8) is 0 Å². The van der Waals surface area contributed by atoms with Crippen LogP contribution in [-0.2, 0) is 11.3 Å². The van der Waals surface area contributed by atoms with Gasteiger partial charge in [-0.25, -0.2) is 9.97 Å².